The number of thioether (sulfide) groups is 1. The smallest absolute Gasteiger partial charge is 0.349 e. The molecule has 0 saturated heterocycles. The molecule has 182 valence electrons. The van der Waals surface area contributed by atoms with Crippen molar-refractivity contribution in [2.24, 2.45) is 5.92 Å². The molecule has 2 aromatic heterocycles. The highest BCUT2D eigenvalue weighted by molar-refractivity contribution is 8.03. The number of aromatic nitrogens is 4. The van der Waals surface area contributed by atoms with E-state index in [4.69, 9.17) is 4.74 Å². The first-order valence-corrected chi connectivity index (χ1v) is 13.2. The summed E-state index contributed by atoms with van der Waals surface area (Å²) in [6.07, 6.45) is 15.4. The molecule has 0 radical (unpaired) electrons. The third-order valence-corrected chi connectivity index (χ3v) is 8.02. The fourth-order valence-corrected chi connectivity index (χ4v) is 5.81. The number of pyridine rings is 1. The van der Waals surface area contributed by atoms with Gasteiger partial charge < -0.3 is 9.84 Å². The first kappa shape index (κ1) is 24.5. The second-order valence-corrected chi connectivity index (χ2v) is 10.2. The summed E-state index contributed by atoms with van der Waals surface area (Å²) in [5.74, 6) is 0.502. The average Bonchev–Trinajstić information content (AvgIpc) is 3.55. The average molecular weight is 483 g/mol. The van der Waals surface area contributed by atoms with Crippen LogP contribution in [0.4, 0.5) is 0 Å². The highest BCUT2D eigenvalue weighted by atomic mass is 32.2. The summed E-state index contributed by atoms with van der Waals surface area (Å²) in [5.41, 5.74) is 1.62. The molecule has 2 aromatic rings. The van der Waals surface area contributed by atoms with Crippen molar-refractivity contribution in [2.45, 2.75) is 88.8 Å². The van der Waals surface area contributed by atoms with Gasteiger partial charge in [0, 0.05) is 24.4 Å². The Hall–Kier alpha value is -2.61. The van der Waals surface area contributed by atoms with E-state index in [-0.39, 0.29) is 16.6 Å². The third kappa shape index (κ3) is 5.54. The largest absolute Gasteiger partial charge is 0.511 e. The minimum absolute atomic E-state index is 0.0963. The number of hydrogen-bond acceptors (Lipinski definition) is 7. The molecule has 34 heavy (non-hydrogen) atoms. The van der Waals surface area contributed by atoms with Crippen LogP contribution in [0.5, 0.6) is 0 Å². The van der Waals surface area contributed by atoms with Crippen molar-refractivity contribution in [1.29, 1.82) is 0 Å². The quantitative estimate of drug-likeness (QED) is 0.293. The van der Waals surface area contributed by atoms with Crippen LogP contribution in [-0.4, -0.2) is 36.8 Å². The Balaban J connectivity index is 1.52. The number of aliphatic hydroxyl groups is 1. The molecule has 4 rings (SSSR count). The topological polar surface area (TPSA) is 101 Å². The lowest BCUT2D eigenvalue weighted by atomic mass is 9.77. The van der Waals surface area contributed by atoms with E-state index in [0.29, 0.717) is 17.4 Å². The van der Waals surface area contributed by atoms with Crippen molar-refractivity contribution < 1.29 is 14.6 Å². The van der Waals surface area contributed by atoms with Gasteiger partial charge in [0.05, 0.1) is 0 Å². The van der Waals surface area contributed by atoms with Crippen LogP contribution in [0.3, 0.4) is 0 Å². The molecular formula is C26H34N4O3S. The molecular weight excluding hydrogens is 448 g/mol. The maximum Gasteiger partial charge on any atom is 0.349 e. The highest BCUT2D eigenvalue weighted by Gasteiger charge is 2.48. The molecule has 0 amide bonds. The first-order chi connectivity index (χ1) is 16.5. The summed E-state index contributed by atoms with van der Waals surface area (Å²) < 4.78 is 6.23. The fraction of sp³-hybridized carbons (Fsp3) is 0.538. The van der Waals surface area contributed by atoms with Gasteiger partial charge in [0.15, 0.2) is 5.82 Å². The molecule has 1 fully saturated rings. The van der Waals surface area contributed by atoms with Crippen LogP contribution in [0.2, 0.25) is 0 Å². The number of H-pyrrole nitrogens is 1. The van der Waals surface area contributed by atoms with E-state index >= 15 is 0 Å². The third-order valence-electron chi connectivity index (χ3n) is 7.05. The number of allylic oxidation sites excluding steroid dienone is 2. The molecule has 8 heteroatoms. The lowest BCUT2D eigenvalue weighted by molar-refractivity contribution is -0.166. The number of unbranched alkanes of at least 4 members (excludes halogenated alkanes) is 1. The van der Waals surface area contributed by atoms with Crippen molar-refractivity contribution in [3.63, 3.8) is 0 Å². The molecule has 0 aromatic carbocycles. The van der Waals surface area contributed by atoms with Gasteiger partial charge in [0.1, 0.15) is 16.3 Å². The zero-order valence-electron chi connectivity index (χ0n) is 20.0. The summed E-state index contributed by atoms with van der Waals surface area (Å²) in [6.45, 7) is 4.29. The van der Waals surface area contributed by atoms with Crippen LogP contribution in [0.15, 0.2) is 52.0 Å². The monoisotopic (exact) mass is 482 g/mol. The van der Waals surface area contributed by atoms with Crippen molar-refractivity contribution >= 4 is 17.7 Å². The zero-order valence-corrected chi connectivity index (χ0v) is 20.9. The van der Waals surface area contributed by atoms with Gasteiger partial charge in [0.25, 0.3) is 0 Å². The number of ether oxygens (including phenoxy) is 1. The molecule has 3 heterocycles. The van der Waals surface area contributed by atoms with E-state index in [1.54, 1.807) is 12.4 Å². The zero-order chi connectivity index (χ0) is 24.0. The molecule has 1 saturated carbocycles. The van der Waals surface area contributed by atoms with Crippen LogP contribution < -0.4 is 0 Å². The molecule has 2 aliphatic rings. The molecule has 1 unspecified atom stereocenters. The lowest BCUT2D eigenvalue weighted by Gasteiger charge is -2.41. The van der Waals surface area contributed by atoms with E-state index in [1.165, 1.54) is 12.0 Å². The number of carbonyl (C=O) groups excluding carboxylic acids is 1. The minimum atomic E-state index is -0.636. The number of rotatable bonds is 10. The number of aliphatic hydroxyl groups excluding tert-OH is 1. The van der Waals surface area contributed by atoms with Crippen LogP contribution in [-0.2, 0) is 9.53 Å². The van der Waals surface area contributed by atoms with Gasteiger partial charge in [-0.05, 0) is 75.3 Å². The number of nitrogens with one attached hydrogen (secondary N) is 1. The number of nitrogens with zero attached hydrogens (tertiary/aromatic N) is 3. The second kappa shape index (κ2) is 11.2. The number of carbonyl (C=O) groups is 1. The minimum Gasteiger partial charge on any atom is -0.511 e. The summed E-state index contributed by atoms with van der Waals surface area (Å²) in [5, 5.41) is 18.5. The van der Waals surface area contributed by atoms with E-state index in [0.717, 1.165) is 68.7 Å². The fourth-order valence-electron chi connectivity index (χ4n) is 5.08. The van der Waals surface area contributed by atoms with Crippen molar-refractivity contribution in [3.8, 4) is 11.4 Å². The van der Waals surface area contributed by atoms with Gasteiger partial charge in [-0.25, -0.2) is 9.78 Å². The van der Waals surface area contributed by atoms with Gasteiger partial charge in [-0.2, -0.15) is 0 Å². The van der Waals surface area contributed by atoms with Gasteiger partial charge in [-0.15, -0.1) is 5.10 Å². The maximum absolute atomic E-state index is 13.2. The number of cyclic esters (lactones) is 1. The number of esters is 1. The summed E-state index contributed by atoms with van der Waals surface area (Å²) in [6, 6.07) is 3.66. The second-order valence-electron chi connectivity index (χ2n) is 9.24. The molecule has 1 atom stereocenters. The summed E-state index contributed by atoms with van der Waals surface area (Å²) in [7, 11) is 0. The Morgan fingerprint density at radius 2 is 2.06 bits per heavy atom. The van der Waals surface area contributed by atoms with E-state index in [1.807, 2.05) is 12.1 Å². The number of aromatic amines is 1. The van der Waals surface area contributed by atoms with Crippen LogP contribution >= 0.6 is 11.8 Å². The van der Waals surface area contributed by atoms with Crippen molar-refractivity contribution in [2.75, 3.05) is 0 Å². The van der Waals surface area contributed by atoms with E-state index < -0.39 is 11.6 Å². The number of hydrogen-bond donors (Lipinski definition) is 2. The van der Waals surface area contributed by atoms with E-state index in [9.17, 15) is 9.90 Å². The Labute approximate surface area is 205 Å². The molecule has 0 bridgehead atoms. The Morgan fingerprint density at radius 1 is 1.29 bits per heavy atom. The van der Waals surface area contributed by atoms with Crippen molar-refractivity contribution in [1.82, 2.24) is 20.2 Å². The molecule has 2 N–H and O–H groups in total. The van der Waals surface area contributed by atoms with Crippen LogP contribution in [0.25, 0.3) is 11.4 Å². The van der Waals surface area contributed by atoms with Crippen molar-refractivity contribution in [3.05, 3.63) is 46.8 Å². The van der Waals surface area contributed by atoms with Crippen LogP contribution in [0.1, 0.15) is 78.1 Å². The predicted molar refractivity (Wildman–Crippen MR) is 133 cm³/mol. The lowest BCUT2D eigenvalue weighted by Crippen LogP contribution is -2.45. The Bertz CT molecular complexity index is 1040. The maximum atomic E-state index is 13.2. The molecule has 1 aliphatic heterocycles. The Morgan fingerprint density at radius 3 is 2.74 bits per heavy atom. The molecule has 0 spiro atoms. The summed E-state index contributed by atoms with van der Waals surface area (Å²) >= 11 is 1.05. The molecule has 1 aliphatic carbocycles. The van der Waals surface area contributed by atoms with Gasteiger partial charge >= 0.3 is 5.97 Å². The standard InChI is InChI=1S/C26H34N4O3S/c1-3-5-8-18(4-2)11-14-26(20-9-6-7-10-20)17-21(31)22(24(32)33-26)34-25-28-23(29-30-25)19-12-15-27-16-13-19/h4,12-13,15-16,20,31H,3,5-11,14,17H2,1-2H3,(H,28,29,30)/b18-4+. The normalized spacial score (nSPS) is 21.8. The highest BCUT2D eigenvalue weighted by Crippen LogP contribution is 2.48. The predicted octanol–water partition coefficient (Wildman–Crippen LogP) is 6.52. The SMILES string of the molecule is C/C=C(\CCCC)CCC1(C2CCCC2)CC(O)=C(Sc2n[nH]c(-c3ccncc3)n2)C(=O)O1. The van der Waals surface area contributed by atoms with Gasteiger partial charge in [-0.3, -0.25) is 10.1 Å². The van der Waals surface area contributed by atoms with E-state index in [2.05, 4.69) is 40.1 Å². The van der Waals surface area contributed by atoms with Gasteiger partial charge in [-0.1, -0.05) is 37.8 Å². The summed E-state index contributed by atoms with van der Waals surface area (Å²) in [4.78, 5) is 21.9. The molecule has 7 nitrogen and oxygen atoms in total. The van der Waals surface area contributed by atoms with Gasteiger partial charge in [0.2, 0.25) is 5.16 Å². The first-order valence-electron chi connectivity index (χ1n) is 12.3. The van der Waals surface area contributed by atoms with Crippen LogP contribution in [0, 0.1) is 5.92 Å². The Kier molecular flexibility index (Phi) is 8.08.